The van der Waals surface area contributed by atoms with Gasteiger partial charge < -0.3 is 11.1 Å². The monoisotopic (exact) mass is 325 g/mol. The molecule has 6 nitrogen and oxygen atoms in total. The minimum absolute atomic E-state index is 0.00473. The summed E-state index contributed by atoms with van der Waals surface area (Å²) in [5.74, 6) is 0.0758. The van der Waals surface area contributed by atoms with Gasteiger partial charge in [-0.15, -0.1) is 5.10 Å². The minimum atomic E-state index is -0.00473. The largest absolute Gasteiger partial charge is 0.399 e. The molecule has 0 fully saturated rings. The third-order valence-electron chi connectivity index (χ3n) is 4.11. The molecule has 2 aromatic rings. The smallest absolute Gasteiger partial charge is 0.224 e. The summed E-state index contributed by atoms with van der Waals surface area (Å²) >= 11 is 0. The van der Waals surface area contributed by atoms with Crippen molar-refractivity contribution in [3.63, 3.8) is 0 Å². The summed E-state index contributed by atoms with van der Waals surface area (Å²) in [6, 6.07) is 7.55. The van der Waals surface area contributed by atoms with Crippen LogP contribution in [0.2, 0.25) is 0 Å². The summed E-state index contributed by atoms with van der Waals surface area (Å²) in [5.41, 5.74) is 9.46. The van der Waals surface area contributed by atoms with Gasteiger partial charge in [-0.3, -0.25) is 4.79 Å². The molecule has 3 N–H and O–H groups in total. The number of amides is 1. The number of hydrogen-bond acceptors (Lipinski definition) is 4. The van der Waals surface area contributed by atoms with Crippen LogP contribution in [0.4, 0.5) is 5.69 Å². The van der Waals surface area contributed by atoms with Crippen molar-refractivity contribution in [1.82, 2.24) is 20.3 Å². The van der Waals surface area contributed by atoms with Gasteiger partial charge in [0.15, 0.2) is 0 Å². The van der Waals surface area contributed by atoms with Crippen molar-refractivity contribution >= 4 is 11.6 Å². The van der Waals surface area contributed by atoms with Gasteiger partial charge in [0.25, 0.3) is 0 Å². The number of benzene rings is 1. The van der Waals surface area contributed by atoms with Gasteiger partial charge in [-0.2, -0.15) is 0 Å². The first-order chi connectivity index (χ1) is 11.6. The van der Waals surface area contributed by atoms with Gasteiger partial charge in [0.2, 0.25) is 5.91 Å². The third-order valence-corrected chi connectivity index (χ3v) is 4.11. The quantitative estimate of drug-likeness (QED) is 0.631. The molecule has 1 aromatic heterocycles. The molecule has 1 amide bonds. The number of anilines is 1. The Labute approximate surface area is 141 Å². The second kappa shape index (κ2) is 7.29. The molecule has 1 heterocycles. The Balaban J connectivity index is 1.55. The molecule has 0 spiro atoms. The third kappa shape index (κ3) is 4.22. The van der Waals surface area contributed by atoms with Crippen LogP contribution in [0.25, 0.3) is 11.3 Å². The molecule has 0 aliphatic heterocycles. The van der Waals surface area contributed by atoms with Crippen molar-refractivity contribution in [3.05, 3.63) is 42.1 Å². The van der Waals surface area contributed by atoms with E-state index in [2.05, 4.69) is 21.7 Å². The zero-order chi connectivity index (χ0) is 16.9. The maximum atomic E-state index is 12.1. The van der Waals surface area contributed by atoms with Crippen LogP contribution in [0.15, 0.2) is 42.1 Å². The van der Waals surface area contributed by atoms with Gasteiger partial charge in [-0.25, -0.2) is 4.68 Å². The van der Waals surface area contributed by atoms with Crippen molar-refractivity contribution in [2.45, 2.75) is 45.2 Å². The van der Waals surface area contributed by atoms with Crippen molar-refractivity contribution < 1.29 is 4.79 Å². The maximum absolute atomic E-state index is 12.1. The Hall–Kier alpha value is -2.63. The molecule has 1 aliphatic carbocycles. The number of aromatic nitrogens is 3. The molecule has 24 heavy (non-hydrogen) atoms. The van der Waals surface area contributed by atoms with E-state index < -0.39 is 0 Å². The molecule has 0 saturated carbocycles. The summed E-state index contributed by atoms with van der Waals surface area (Å²) in [7, 11) is 0. The Bertz CT molecular complexity index is 749. The summed E-state index contributed by atoms with van der Waals surface area (Å²) < 4.78 is 1.75. The molecule has 0 bridgehead atoms. The molecular formula is C18H23N5O. The Morgan fingerprint density at radius 2 is 2.33 bits per heavy atom. The first-order valence-corrected chi connectivity index (χ1v) is 8.33. The topological polar surface area (TPSA) is 85.8 Å². The highest BCUT2D eigenvalue weighted by molar-refractivity contribution is 5.78. The molecule has 0 unspecified atom stereocenters. The SMILES string of the molecule is C[C@@H](Cn1cc(-c2cccc(N)c2)nn1)NC(=O)CC1=CCCC1. The van der Waals surface area contributed by atoms with Gasteiger partial charge in [0, 0.05) is 23.7 Å². The average Bonchev–Trinajstić information content (AvgIpc) is 3.19. The lowest BCUT2D eigenvalue weighted by Gasteiger charge is -2.13. The van der Waals surface area contributed by atoms with Crippen molar-refractivity contribution in [1.29, 1.82) is 0 Å². The van der Waals surface area contributed by atoms with Gasteiger partial charge in [-0.05, 0) is 38.3 Å². The number of nitrogens with one attached hydrogen (secondary N) is 1. The Kier molecular flexibility index (Phi) is 4.93. The van der Waals surface area contributed by atoms with Crippen molar-refractivity contribution in [3.8, 4) is 11.3 Å². The van der Waals surface area contributed by atoms with Crippen LogP contribution < -0.4 is 11.1 Å². The van der Waals surface area contributed by atoms with E-state index in [4.69, 9.17) is 5.73 Å². The van der Waals surface area contributed by atoms with Crippen LogP contribution >= 0.6 is 0 Å². The summed E-state index contributed by atoms with van der Waals surface area (Å²) in [6.07, 6.45) is 7.88. The van der Waals surface area contributed by atoms with Crippen LogP contribution in [0.5, 0.6) is 0 Å². The van der Waals surface area contributed by atoms with E-state index in [0.717, 1.165) is 24.1 Å². The lowest BCUT2D eigenvalue weighted by atomic mass is 10.1. The second-order valence-corrected chi connectivity index (χ2v) is 6.35. The van der Waals surface area contributed by atoms with E-state index in [1.807, 2.05) is 37.4 Å². The number of nitrogens with zero attached hydrogens (tertiary/aromatic N) is 3. The normalized spacial score (nSPS) is 15.1. The number of hydrogen-bond donors (Lipinski definition) is 2. The maximum Gasteiger partial charge on any atom is 0.224 e. The first-order valence-electron chi connectivity index (χ1n) is 8.33. The average molecular weight is 325 g/mol. The summed E-state index contributed by atoms with van der Waals surface area (Å²) in [5, 5.41) is 11.3. The van der Waals surface area contributed by atoms with E-state index in [9.17, 15) is 4.79 Å². The second-order valence-electron chi connectivity index (χ2n) is 6.35. The van der Waals surface area contributed by atoms with E-state index >= 15 is 0 Å². The molecule has 0 radical (unpaired) electrons. The zero-order valence-corrected chi connectivity index (χ0v) is 13.9. The number of carbonyl (C=O) groups excluding carboxylic acids is 1. The first kappa shape index (κ1) is 16.2. The Morgan fingerprint density at radius 3 is 3.08 bits per heavy atom. The fourth-order valence-corrected chi connectivity index (χ4v) is 2.97. The number of allylic oxidation sites excluding steroid dienone is 1. The van der Waals surface area contributed by atoms with Crippen LogP contribution in [-0.4, -0.2) is 26.9 Å². The lowest BCUT2D eigenvalue weighted by molar-refractivity contribution is -0.121. The summed E-state index contributed by atoms with van der Waals surface area (Å²) in [4.78, 5) is 12.1. The molecule has 6 heteroatoms. The zero-order valence-electron chi connectivity index (χ0n) is 13.9. The number of nitrogens with two attached hydrogens (primary N) is 1. The van der Waals surface area contributed by atoms with Gasteiger partial charge in [0.1, 0.15) is 5.69 Å². The highest BCUT2D eigenvalue weighted by Crippen LogP contribution is 2.20. The minimum Gasteiger partial charge on any atom is -0.399 e. The van der Waals surface area contributed by atoms with Crippen molar-refractivity contribution in [2.75, 3.05) is 5.73 Å². The molecule has 0 saturated heterocycles. The standard InChI is InChI=1S/C18H23N5O/c1-13(20-18(24)9-14-5-2-3-6-14)11-23-12-17(21-22-23)15-7-4-8-16(19)10-15/h4-5,7-8,10,12-13H,2-3,6,9,11,19H2,1H3,(H,20,24)/t13-/m0/s1. The number of nitrogen functional groups attached to an aromatic ring is 1. The fraction of sp³-hybridized carbons (Fsp3) is 0.389. The van der Waals surface area contributed by atoms with Gasteiger partial charge >= 0.3 is 0 Å². The van der Waals surface area contributed by atoms with E-state index in [0.29, 0.717) is 18.7 Å². The van der Waals surface area contributed by atoms with Gasteiger partial charge in [0.05, 0.1) is 12.7 Å². The highest BCUT2D eigenvalue weighted by atomic mass is 16.1. The van der Waals surface area contributed by atoms with Crippen LogP contribution in [0.3, 0.4) is 0 Å². The number of rotatable bonds is 6. The number of carbonyl (C=O) groups is 1. The van der Waals surface area contributed by atoms with Crippen LogP contribution in [-0.2, 0) is 11.3 Å². The van der Waals surface area contributed by atoms with E-state index in [1.165, 1.54) is 12.0 Å². The van der Waals surface area contributed by atoms with Gasteiger partial charge in [-0.1, -0.05) is 29.0 Å². The Morgan fingerprint density at radius 1 is 1.46 bits per heavy atom. The molecule has 3 rings (SSSR count). The predicted molar refractivity (Wildman–Crippen MR) is 94.0 cm³/mol. The fourth-order valence-electron chi connectivity index (χ4n) is 2.97. The molecular weight excluding hydrogens is 302 g/mol. The lowest BCUT2D eigenvalue weighted by Crippen LogP contribution is -2.35. The molecule has 1 aliphatic rings. The van der Waals surface area contributed by atoms with E-state index in [-0.39, 0.29) is 11.9 Å². The van der Waals surface area contributed by atoms with E-state index in [1.54, 1.807) is 4.68 Å². The van der Waals surface area contributed by atoms with Crippen LogP contribution in [0, 0.1) is 0 Å². The summed E-state index contributed by atoms with van der Waals surface area (Å²) in [6.45, 7) is 2.56. The molecule has 1 aromatic carbocycles. The molecule has 1 atom stereocenters. The predicted octanol–water partition coefficient (Wildman–Crippen LogP) is 2.53. The van der Waals surface area contributed by atoms with Crippen molar-refractivity contribution in [2.24, 2.45) is 0 Å². The highest BCUT2D eigenvalue weighted by Gasteiger charge is 2.13. The van der Waals surface area contributed by atoms with Crippen LogP contribution in [0.1, 0.15) is 32.6 Å². The molecule has 126 valence electrons.